The number of nitrogens with zero attached hydrogens (tertiary/aromatic N) is 3. The Balaban J connectivity index is 1.79. The molecule has 4 rings (SSSR count). The van der Waals surface area contributed by atoms with Crippen LogP contribution in [0.3, 0.4) is 0 Å². The smallest absolute Gasteiger partial charge is 0.348 e. The van der Waals surface area contributed by atoms with Crippen LogP contribution >= 0.6 is 11.3 Å². The quantitative estimate of drug-likeness (QED) is 0.699. The molecule has 0 radical (unpaired) electrons. The number of aromatic nitrogens is 2. The Kier molecular flexibility index (Phi) is 4.07. The van der Waals surface area contributed by atoms with Crippen LogP contribution in [-0.4, -0.2) is 36.0 Å². The molecule has 0 aliphatic carbocycles. The fraction of sp³-hybridized carbons (Fsp3) is 0.263. The van der Waals surface area contributed by atoms with Gasteiger partial charge in [0.05, 0.1) is 18.9 Å². The number of likely N-dealkylation sites (N-methyl/N-ethyl adjacent to an activating group) is 1. The van der Waals surface area contributed by atoms with E-state index in [0.29, 0.717) is 22.9 Å². The summed E-state index contributed by atoms with van der Waals surface area (Å²) < 4.78 is 4.87. The number of amides is 1. The average molecular weight is 382 g/mol. The van der Waals surface area contributed by atoms with Crippen molar-refractivity contribution in [3.63, 3.8) is 0 Å². The predicted molar refractivity (Wildman–Crippen MR) is 105 cm³/mol. The van der Waals surface area contributed by atoms with E-state index in [-0.39, 0.29) is 11.9 Å². The van der Waals surface area contributed by atoms with Gasteiger partial charge in [-0.25, -0.2) is 14.8 Å². The number of hydrogen-bond acceptors (Lipinski definition) is 7. The third-order valence-corrected chi connectivity index (χ3v) is 5.86. The summed E-state index contributed by atoms with van der Waals surface area (Å²) >= 11 is 1.30. The third kappa shape index (κ3) is 2.82. The summed E-state index contributed by atoms with van der Waals surface area (Å²) in [4.78, 5) is 35.9. The van der Waals surface area contributed by atoms with E-state index >= 15 is 0 Å². The number of anilines is 3. The number of aryl methyl sites for hydroxylation is 2. The van der Waals surface area contributed by atoms with E-state index in [4.69, 9.17) is 4.74 Å². The van der Waals surface area contributed by atoms with E-state index in [1.54, 1.807) is 11.9 Å². The molecule has 0 atom stereocenters. The first-order valence-corrected chi connectivity index (χ1v) is 9.23. The fourth-order valence-electron chi connectivity index (χ4n) is 3.31. The Hall–Kier alpha value is -3.00. The topological polar surface area (TPSA) is 84.4 Å². The monoisotopic (exact) mass is 382 g/mol. The normalized spacial score (nSPS) is 13.2. The zero-order valence-electron chi connectivity index (χ0n) is 15.4. The van der Waals surface area contributed by atoms with Crippen molar-refractivity contribution < 1.29 is 14.3 Å². The van der Waals surface area contributed by atoms with Crippen molar-refractivity contribution in [1.29, 1.82) is 0 Å². The van der Waals surface area contributed by atoms with Crippen molar-refractivity contribution in [3.05, 3.63) is 40.0 Å². The van der Waals surface area contributed by atoms with Gasteiger partial charge in [-0.05, 0) is 43.2 Å². The second kappa shape index (κ2) is 6.31. The highest BCUT2D eigenvalue weighted by molar-refractivity contribution is 7.20. The van der Waals surface area contributed by atoms with Crippen molar-refractivity contribution in [2.45, 2.75) is 20.3 Å². The van der Waals surface area contributed by atoms with Gasteiger partial charge in [0.15, 0.2) is 0 Å². The molecule has 7 nitrogen and oxygen atoms in total. The van der Waals surface area contributed by atoms with Crippen molar-refractivity contribution >= 4 is 50.6 Å². The van der Waals surface area contributed by atoms with E-state index in [2.05, 4.69) is 15.3 Å². The third-order valence-electron chi connectivity index (χ3n) is 4.69. The van der Waals surface area contributed by atoms with Gasteiger partial charge >= 0.3 is 5.97 Å². The van der Waals surface area contributed by atoms with E-state index in [0.717, 1.165) is 32.7 Å². The number of nitrogens with one attached hydrogen (secondary N) is 1. The second-order valence-corrected chi connectivity index (χ2v) is 7.44. The number of rotatable bonds is 3. The zero-order chi connectivity index (χ0) is 19.3. The van der Waals surface area contributed by atoms with Crippen LogP contribution in [0.5, 0.6) is 0 Å². The molecule has 8 heteroatoms. The first-order valence-electron chi connectivity index (χ1n) is 8.41. The molecule has 0 spiro atoms. The summed E-state index contributed by atoms with van der Waals surface area (Å²) in [6.45, 7) is 3.68. The molecule has 3 aromatic rings. The lowest BCUT2D eigenvalue weighted by atomic mass is 10.1. The maximum atomic E-state index is 12.0. The minimum Gasteiger partial charge on any atom is -0.465 e. The molecule has 1 aliphatic heterocycles. The summed E-state index contributed by atoms with van der Waals surface area (Å²) in [6, 6.07) is 5.80. The number of thiophene rings is 1. The lowest BCUT2D eigenvalue weighted by Gasteiger charge is -2.12. The highest BCUT2D eigenvalue weighted by Gasteiger charge is 2.24. The Morgan fingerprint density at radius 3 is 2.81 bits per heavy atom. The predicted octanol–water partition coefficient (Wildman–Crippen LogP) is 3.36. The van der Waals surface area contributed by atoms with Gasteiger partial charge in [0, 0.05) is 18.4 Å². The van der Waals surface area contributed by atoms with Crippen LogP contribution < -0.4 is 10.2 Å². The minimum absolute atomic E-state index is 0.0822. The highest BCUT2D eigenvalue weighted by Crippen LogP contribution is 2.36. The first kappa shape index (κ1) is 17.4. The summed E-state index contributed by atoms with van der Waals surface area (Å²) in [6.07, 6.45) is 0.392. The van der Waals surface area contributed by atoms with Crippen LogP contribution in [0, 0.1) is 13.8 Å². The molecule has 0 saturated heterocycles. The lowest BCUT2D eigenvalue weighted by Crippen LogP contribution is -2.20. The number of carbonyl (C=O) groups excluding carboxylic acids is 2. The first-order chi connectivity index (χ1) is 12.9. The number of methoxy groups -OCH3 is 1. The molecule has 138 valence electrons. The molecular weight excluding hydrogens is 364 g/mol. The van der Waals surface area contributed by atoms with Crippen molar-refractivity contribution in [2.24, 2.45) is 0 Å². The number of benzene rings is 1. The number of hydrogen-bond donors (Lipinski definition) is 1. The van der Waals surface area contributed by atoms with Crippen LogP contribution in [0.4, 0.5) is 17.2 Å². The molecule has 1 N–H and O–H groups in total. The maximum Gasteiger partial charge on any atom is 0.348 e. The molecule has 0 bridgehead atoms. The average Bonchev–Trinajstić information content (AvgIpc) is 3.11. The Morgan fingerprint density at radius 1 is 1.30 bits per heavy atom. The SMILES string of the molecule is COC(=O)c1sc2nc(C)nc(Nc3ccc4c(c3)CC(=O)N4C)c2c1C. The van der Waals surface area contributed by atoms with Gasteiger partial charge in [-0.1, -0.05) is 0 Å². The van der Waals surface area contributed by atoms with E-state index in [1.165, 1.54) is 18.4 Å². The number of esters is 1. The van der Waals surface area contributed by atoms with Gasteiger partial charge in [0.25, 0.3) is 0 Å². The van der Waals surface area contributed by atoms with Crippen LogP contribution in [-0.2, 0) is 16.0 Å². The van der Waals surface area contributed by atoms with Gasteiger partial charge in [0.2, 0.25) is 5.91 Å². The van der Waals surface area contributed by atoms with Crippen LogP contribution in [0.2, 0.25) is 0 Å². The van der Waals surface area contributed by atoms with Gasteiger partial charge < -0.3 is 15.0 Å². The molecule has 27 heavy (non-hydrogen) atoms. The highest BCUT2D eigenvalue weighted by atomic mass is 32.1. The van der Waals surface area contributed by atoms with Gasteiger partial charge in [-0.15, -0.1) is 11.3 Å². The van der Waals surface area contributed by atoms with Gasteiger partial charge in [-0.2, -0.15) is 0 Å². The zero-order valence-corrected chi connectivity index (χ0v) is 16.2. The molecule has 0 saturated carbocycles. The van der Waals surface area contributed by atoms with Crippen LogP contribution in [0.25, 0.3) is 10.2 Å². The van der Waals surface area contributed by atoms with Crippen molar-refractivity contribution in [3.8, 4) is 0 Å². The van der Waals surface area contributed by atoms with Crippen LogP contribution in [0.15, 0.2) is 18.2 Å². The van der Waals surface area contributed by atoms with Gasteiger partial charge in [0.1, 0.15) is 21.3 Å². The summed E-state index contributed by atoms with van der Waals surface area (Å²) in [5, 5.41) is 4.14. The maximum absolute atomic E-state index is 12.0. The Morgan fingerprint density at radius 2 is 2.07 bits per heavy atom. The van der Waals surface area contributed by atoms with E-state index in [9.17, 15) is 9.59 Å². The summed E-state index contributed by atoms with van der Waals surface area (Å²) in [5.41, 5.74) is 3.53. The molecule has 0 fully saturated rings. The molecule has 1 aliphatic rings. The summed E-state index contributed by atoms with van der Waals surface area (Å²) in [5.74, 6) is 0.953. The molecule has 1 amide bonds. The molecular formula is C19H18N4O3S. The second-order valence-electron chi connectivity index (χ2n) is 6.45. The van der Waals surface area contributed by atoms with E-state index < -0.39 is 0 Å². The summed E-state index contributed by atoms with van der Waals surface area (Å²) in [7, 11) is 3.15. The number of fused-ring (bicyclic) bond motifs is 2. The minimum atomic E-state index is -0.377. The Bertz CT molecular complexity index is 1110. The standard InChI is InChI=1S/C19H18N4O3S/c1-9-15-17(20-10(2)21-18(15)27-16(9)19(25)26-4)22-12-5-6-13-11(7-12)8-14(24)23(13)3/h5-7H,8H2,1-4H3,(H,20,21,22). The fourth-order valence-corrected chi connectivity index (χ4v) is 4.45. The lowest BCUT2D eigenvalue weighted by molar-refractivity contribution is -0.117. The Labute approximate surface area is 160 Å². The molecule has 3 heterocycles. The van der Waals surface area contributed by atoms with Crippen LogP contribution in [0.1, 0.15) is 26.6 Å². The molecule has 2 aromatic heterocycles. The van der Waals surface area contributed by atoms with Crippen molar-refractivity contribution in [1.82, 2.24) is 9.97 Å². The number of ether oxygens (including phenoxy) is 1. The molecule has 1 aromatic carbocycles. The van der Waals surface area contributed by atoms with E-state index in [1.807, 2.05) is 32.0 Å². The largest absolute Gasteiger partial charge is 0.465 e. The van der Waals surface area contributed by atoms with Crippen molar-refractivity contribution in [2.75, 3.05) is 24.4 Å². The molecule has 0 unspecified atom stereocenters. The number of carbonyl (C=O) groups is 2. The van der Waals surface area contributed by atoms with Gasteiger partial charge in [-0.3, -0.25) is 4.79 Å².